The number of ether oxygens (including phenoxy) is 1. The number of anilines is 1. The lowest BCUT2D eigenvalue weighted by molar-refractivity contribution is -0.152. The summed E-state index contributed by atoms with van der Waals surface area (Å²) in [5, 5.41) is 4.93. The largest absolute Gasteiger partial charge is 0.493 e. The first-order valence-electron chi connectivity index (χ1n) is 17.3. The molecule has 4 saturated carbocycles. The minimum atomic E-state index is -1.26. The van der Waals surface area contributed by atoms with Crippen molar-refractivity contribution in [2.75, 3.05) is 11.9 Å². The summed E-state index contributed by atoms with van der Waals surface area (Å²) in [7, 11) is 0. The third-order valence-corrected chi connectivity index (χ3v) is 12.0. The summed E-state index contributed by atoms with van der Waals surface area (Å²) in [5.74, 6) is 0.943. The van der Waals surface area contributed by atoms with Crippen LogP contribution in [0.5, 0.6) is 5.75 Å². The van der Waals surface area contributed by atoms with E-state index in [0.717, 1.165) is 50.7 Å². The number of hydrogen-bond donors (Lipinski definition) is 2. The van der Waals surface area contributed by atoms with Crippen molar-refractivity contribution in [3.05, 3.63) is 59.7 Å². The predicted molar refractivity (Wildman–Crippen MR) is 186 cm³/mol. The summed E-state index contributed by atoms with van der Waals surface area (Å²) >= 11 is 6.58. The van der Waals surface area contributed by atoms with Gasteiger partial charge < -0.3 is 15.4 Å². The third-order valence-electron chi connectivity index (χ3n) is 11.6. The van der Waals surface area contributed by atoms with Gasteiger partial charge in [-0.15, -0.1) is 11.6 Å². The maximum atomic E-state index is 13.9. The highest BCUT2D eigenvalue weighted by Gasteiger charge is 2.62. The van der Waals surface area contributed by atoms with Gasteiger partial charge in [-0.25, -0.2) is 0 Å². The van der Waals surface area contributed by atoms with Crippen LogP contribution in [0.4, 0.5) is 5.69 Å². The summed E-state index contributed by atoms with van der Waals surface area (Å²) in [5.41, 5.74) is 2.15. The maximum absolute atomic E-state index is 13.9. The molecule has 46 heavy (non-hydrogen) atoms. The molecular formula is C39H53ClN2O4. The lowest BCUT2D eigenvalue weighted by Crippen LogP contribution is -2.65. The minimum Gasteiger partial charge on any atom is -0.493 e. The fourth-order valence-corrected chi connectivity index (χ4v) is 8.87. The van der Waals surface area contributed by atoms with E-state index in [-0.39, 0.29) is 22.5 Å². The van der Waals surface area contributed by atoms with Gasteiger partial charge >= 0.3 is 0 Å². The quantitative estimate of drug-likeness (QED) is 0.122. The average molecular weight is 649 g/mol. The second kappa shape index (κ2) is 13.3. The molecule has 250 valence electrons. The number of rotatable bonds is 14. The average Bonchev–Trinajstić information content (AvgIpc) is 3.01. The molecule has 0 radical (unpaired) electrons. The normalized spacial score (nSPS) is 26.0. The number of hydrogen-bond acceptors (Lipinski definition) is 4. The van der Waals surface area contributed by atoms with Crippen LogP contribution < -0.4 is 15.4 Å². The van der Waals surface area contributed by atoms with Crippen molar-refractivity contribution in [3.8, 4) is 5.75 Å². The number of ketones is 1. The Kier molecular flexibility index (Phi) is 9.99. The molecule has 7 heteroatoms. The number of carbonyl (C=O) groups excluding carboxylic acids is 3. The third kappa shape index (κ3) is 7.17. The molecule has 2 amide bonds. The molecule has 4 fully saturated rings. The van der Waals surface area contributed by atoms with Crippen LogP contribution in [0.3, 0.4) is 0 Å². The van der Waals surface area contributed by atoms with Crippen molar-refractivity contribution < 1.29 is 19.1 Å². The van der Waals surface area contributed by atoms with E-state index in [0.29, 0.717) is 43.4 Å². The number of Topliss-reactive ketones (excluding diaryl/α,β-unsaturated/α-hetero) is 1. The van der Waals surface area contributed by atoms with Gasteiger partial charge in [-0.3, -0.25) is 14.4 Å². The Morgan fingerprint density at radius 2 is 1.59 bits per heavy atom. The van der Waals surface area contributed by atoms with Gasteiger partial charge in [0.25, 0.3) is 0 Å². The van der Waals surface area contributed by atoms with Crippen molar-refractivity contribution in [1.29, 1.82) is 0 Å². The first kappa shape index (κ1) is 34.5. The number of nitrogens with one attached hydrogen (secondary N) is 2. The molecule has 2 N–H and O–H groups in total. The summed E-state index contributed by atoms with van der Waals surface area (Å²) in [6.45, 7) is 14.0. The van der Waals surface area contributed by atoms with Gasteiger partial charge in [-0.2, -0.15) is 0 Å². The van der Waals surface area contributed by atoms with Gasteiger partial charge in [-0.05, 0) is 104 Å². The van der Waals surface area contributed by atoms with Gasteiger partial charge in [0.2, 0.25) is 11.8 Å². The van der Waals surface area contributed by atoms with E-state index < -0.39 is 22.2 Å². The van der Waals surface area contributed by atoms with E-state index in [4.69, 9.17) is 16.3 Å². The Hall–Kier alpha value is -2.86. The van der Waals surface area contributed by atoms with Gasteiger partial charge in [0.05, 0.1) is 6.61 Å². The Balaban J connectivity index is 1.20. The van der Waals surface area contributed by atoms with Crippen LogP contribution in [0.1, 0.15) is 117 Å². The van der Waals surface area contributed by atoms with E-state index in [2.05, 4.69) is 70.4 Å². The number of amides is 2. The van der Waals surface area contributed by atoms with Crippen LogP contribution in [0.15, 0.2) is 48.5 Å². The molecule has 6 rings (SSSR count). The molecule has 6 nitrogen and oxygen atoms in total. The van der Waals surface area contributed by atoms with E-state index in [1.165, 1.54) is 11.1 Å². The lowest BCUT2D eigenvalue weighted by Gasteiger charge is -2.61. The molecule has 0 aliphatic heterocycles. The van der Waals surface area contributed by atoms with E-state index in [1.807, 2.05) is 18.2 Å². The van der Waals surface area contributed by atoms with Crippen LogP contribution in [0.2, 0.25) is 0 Å². The first-order valence-corrected chi connectivity index (χ1v) is 17.8. The van der Waals surface area contributed by atoms with Crippen LogP contribution in [-0.2, 0) is 25.2 Å². The summed E-state index contributed by atoms with van der Waals surface area (Å²) in [6, 6.07) is 15.7. The molecule has 4 bridgehead atoms. The monoisotopic (exact) mass is 648 g/mol. The molecule has 4 aliphatic carbocycles. The van der Waals surface area contributed by atoms with Crippen molar-refractivity contribution in [1.82, 2.24) is 5.32 Å². The molecule has 3 unspecified atom stereocenters. The molecule has 0 saturated heterocycles. The van der Waals surface area contributed by atoms with Gasteiger partial charge in [-0.1, -0.05) is 71.9 Å². The Bertz CT molecular complexity index is 1420. The molecule has 0 spiro atoms. The standard InChI is InChI=1S/C39H53ClN2O4/c1-7-36(3,4)28-16-17-31(30(20-28)37(5,6)8-2)46-18-12-15-32(43)42-39-23-26-19-27(24-39)22-38(21-26,25-39)34(44)33(40)35(45)41-29-13-10-9-11-14-29/h9-11,13-14,16-17,20,26-27,33H,7-8,12,15,18-19,21-25H2,1-6H3,(H,41,45)(H,42,43). The summed E-state index contributed by atoms with van der Waals surface area (Å²) < 4.78 is 6.33. The highest BCUT2D eigenvalue weighted by Crippen LogP contribution is 2.62. The topological polar surface area (TPSA) is 84.5 Å². The highest BCUT2D eigenvalue weighted by molar-refractivity contribution is 6.44. The van der Waals surface area contributed by atoms with Crippen LogP contribution in [0.25, 0.3) is 0 Å². The zero-order valence-electron chi connectivity index (χ0n) is 28.6. The number of para-hydroxylation sites is 1. The maximum Gasteiger partial charge on any atom is 0.250 e. The van der Waals surface area contributed by atoms with Gasteiger partial charge in [0.1, 0.15) is 5.75 Å². The Labute approximate surface area is 280 Å². The molecule has 0 aromatic heterocycles. The van der Waals surface area contributed by atoms with Crippen molar-refractivity contribution in [2.45, 2.75) is 127 Å². The van der Waals surface area contributed by atoms with Crippen LogP contribution >= 0.6 is 11.6 Å². The number of halogens is 1. The zero-order valence-corrected chi connectivity index (χ0v) is 29.4. The van der Waals surface area contributed by atoms with Crippen LogP contribution in [-0.4, -0.2) is 35.1 Å². The molecule has 2 aromatic rings. The van der Waals surface area contributed by atoms with E-state index in [1.54, 1.807) is 12.1 Å². The second-order valence-electron chi connectivity index (χ2n) is 15.8. The SMILES string of the molecule is CCC(C)(C)c1ccc(OCCCC(=O)NC23CC4CC(C2)CC(C(=O)C(Cl)C(=O)Nc2ccccc2)(C4)C3)c(C(C)(C)CC)c1. The number of alkyl halides is 1. The molecule has 0 heterocycles. The summed E-state index contributed by atoms with van der Waals surface area (Å²) in [6.07, 6.45) is 7.95. The smallest absolute Gasteiger partial charge is 0.250 e. The summed E-state index contributed by atoms with van der Waals surface area (Å²) in [4.78, 5) is 40.2. The lowest BCUT2D eigenvalue weighted by atomic mass is 9.45. The minimum absolute atomic E-state index is 0.00606. The van der Waals surface area contributed by atoms with Crippen molar-refractivity contribution in [2.24, 2.45) is 17.3 Å². The molecule has 3 atom stereocenters. The molecule has 2 aromatic carbocycles. The van der Waals surface area contributed by atoms with E-state index in [9.17, 15) is 14.4 Å². The van der Waals surface area contributed by atoms with Gasteiger partial charge in [0, 0.05) is 28.6 Å². The fraction of sp³-hybridized carbons (Fsp3) is 0.615. The van der Waals surface area contributed by atoms with Crippen molar-refractivity contribution >= 4 is 34.9 Å². The molecule has 4 aliphatic rings. The first-order chi connectivity index (χ1) is 21.7. The number of carbonyl (C=O) groups is 3. The highest BCUT2D eigenvalue weighted by atomic mass is 35.5. The Morgan fingerprint density at radius 1 is 0.935 bits per heavy atom. The molecular weight excluding hydrogens is 596 g/mol. The van der Waals surface area contributed by atoms with Gasteiger partial charge in [0.15, 0.2) is 11.2 Å². The van der Waals surface area contributed by atoms with E-state index >= 15 is 0 Å². The Morgan fingerprint density at radius 3 is 2.22 bits per heavy atom. The fourth-order valence-electron chi connectivity index (χ4n) is 8.59. The van der Waals surface area contributed by atoms with Crippen molar-refractivity contribution in [3.63, 3.8) is 0 Å². The van der Waals surface area contributed by atoms with Crippen LogP contribution in [0, 0.1) is 17.3 Å². The predicted octanol–water partition coefficient (Wildman–Crippen LogP) is 8.49. The number of benzene rings is 2. The second-order valence-corrected chi connectivity index (χ2v) is 16.2. The zero-order chi connectivity index (χ0) is 33.3.